The Morgan fingerprint density at radius 3 is 2.65 bits per heavy atom. The van der Waals surface area contributed by atoms with Gasteiger partial charge in [0, 0.05) is 11.3 Å². The Labute approximate surface area is 201 Å². The van der Waals surface area contributed by atoms with Gasteiger partial charge in [-0.25, -0.2) is 0 Å². The van der Waals surface area contributed by atoms with E-state index in [1.165, 1.54) is 76.1 Å². The molecule has 2 heteroatoms. The largest absolute Gasteiger partial charge is 0.154 e. The molecule has 34 heavy (non-hydrogen) atoms. The van der Waals surface area contributed by atoms with Gasteiger partial charge in [0.05, 0.1) is 11.2 Å². The van der Waals surface area contributed by atoms with Crippen molar-refractivity contribution in [3.63, 3.8) is 0 Å². The van der Waals surface area contributed by atoms with Gasteiger partial charge >= 0.3 is 0 Å². The van der Waals surface area contributed by atoms with E-state index in [4.69, 9.17) is 5.10 Å². The van der Waals surface area contributed by atoms with Crippen LogP contribution in [0.5, 0.6) is 0 Å². The molecule has 0 saturated heterocycles. The van der Waals surface area contributed by atoms with Crippen molar-refractivity contribution < 1.29 is 0 Å². The Balaban J connectivity index is 1.36. The van der Waals surface area contributed by atoms with Crippen molar-refractivity contribution in [1.29, 1.82) is 0 Å². The highest BCUT2D eigenvalue weighted by Gasteiger charge is 2.30. The van der Waals surface area contributed by atoms with Crippen molar-refractivity contribution >= 4 is 27.2 Å². The molecular formula is C32H30N2. The number of hydrogen-bond donors (Lipinski definition) is 0. The third kappa shape index (κ3) is 3.31. The fourth-order valence-corrected chi connectivity index (χ4v) is 6.66. The maximum atomic E-state index is 4.74. The Morgan fingerprint density at radius 2 is 1.71 bits per heavy atom. The molecule has 0 bridgehead atoms. The maximum absolute atomic E-state index is 4.74. The number of nitrogens with zero attached hydrogens (tertiary/aromatic N) is 2. The van der Waals surface area contributed by atoms with E-state index in [0.29, 0.717) is 5.92 Å². The van der Waals surface area contributed by atoms with Gasteiger partial charge in [-0.1, -0.05) is 85.5 Å². The second-order valence-electron chi connectivity index (χ2n) is 10.4. The van der Waals surface area contributed by atoms with Gasteiger partial charge in [0.15, 0.2) is 0 Å². The summed E-state index contributed by atoms with van der Waals surface area (Å²) in [5, 5.41) is 13.3. The minimum Gasteiger partial charge on any atom is -0.154 e. The topological polar surface area (TPSA) is 25.8 Å². The summed E-state index contributed by atoms with van der Waals surface area (Å²) < 4.78 is 0. The third-order valence-corrected chi connectivity index (χ3v) is 8.43. The summed E-state index contributed by atoms with van der Waals surface area (Å²) in [6, 6.07) is 22.7. The zero-order valence-corrected chi connectivity index (χ0v) is 19.6. The van der Waals surface area contributed by atoms with Gasteiger partial charge in [0.2, 0.25) is 0 Å². The van der Waals surface area contributed by atoms with Crippen molar-refractivity contribution in [3.05, 3.63) is 101 Å². The number of fused-ring (bicyclic) bond motifs is 5. The van der Waals surface area contributed by atoms with Crippen molar-refractivity contribution in [2.75, 3.05) is 0 Å². The average Bonchev–Trinajstić information content (AvgIpc) is 2.92. The lowest BCUT2D eigenvalue weighted by atomic mass is 9.72. The fourth-order valence-electron chi connectivity index (χ4n) is 6.66. The van der Waals surface area contributed by atoms with E-state index in [2.05, 4.69) is 65.8 Å². The number of benzene rings is 3. The summed E-state index contributed by atoms with van der Waals surface area (Å²) in [7, 11) is 0. The second-order valence-corrected chi connectivity index (χ2v) is 10.4. The second kappa shape index (κ2) is 8.20. The van der Waals surface area contributed by atoms with Crippen LogP contribution in [0, 0.1) is 0 Å². The fraction of sp³-hybridized carbons (Fsp3) is 0.312. The van der Waals surface area contributed by atoms with Crippen LogP contribution >= 0.6 is 0 Å². The van der Waals surface area contributed by atoms with Crippen LogP contribution in [0.4, 0.5) is 0 Å². The van der Waals surface area contributed by atoms with Crippen LogP contribution in [0.1, 0.15) is 79.2 Å². The molecule has 0 aliphatic heterocycles. The molecule has 0 amide bonds. The van der Waals surface area contributed by atoms with Crippen LogP contribution in [0.25, 0.3) is 27.2 Å². The molecule has 7 rings (SSSR count). The molecule has 1 atom stereocenters. The normalized spacial score (nSPS) is 20.5. The van der Waals surface area contributed by atoms with Gasteiger partial charge in [0.1, 0.15) is 0 Å². The Hall–Kier alpha value is -3.26. The van der Waals surface area contributed by atoms with Crippen molar-refractivity contribution in [2.24, 2.45) is 0 Å². The molecule has 0 radical (unpaired) electrons. The molecule has 4 aromatic rings. The highest BCUT2D eigenvalue weighted by Crippen LogP contribution is 2.46. The first-order chi connectivity index (χ1) is 16.8. The molecule has 1 saturated carbocycles. The van der Waals surface area contributed by atoms with Crippen molar-refractivity contribution in [1.82, 2.24) is 10.2 Å². The van der Waals surface area contributed by atoms with Gasteiger partial charge in [-0.15, -0.1) is 0 Å². The van der Waals surface area contributed by atoms with E-state index in [-0.39, 0.29) is 0 Å². The molecule has 3 aliphatic carbocycles. The SMILES string of the molecule is C1=CC2=C(CC1)C(c1cc3ccccc3nn1)Cc1c2ccc2cc(C3CCCCC3)ccc12. The summed E-state index contributed by atoms with van der Waals surface area (Å²) in [6.07, 6.45) is 14.8. The molecule has 1 aromatic heterocycles. The summed E-state index contributed by atoms with van der Waals surface area (Å²) in [5.74, 6) is 1.04. The molecule has 2 nitrogen and oxygen atoms in total. The first kappa shape index (κ1) is 20.1. The number of hydrogen-bond acceptors (Lipinski definition) is 2. The van der Waals surface area contributed by atoms with E-state index in [1.807, 2.05) is 12.1 Å². The van der Waals surface area contributed by atoms with Gasteiger partial charge in [-0.05, 0) is 83.2 Å². The first-order valence-electron chi connectivity index (χ1n) is 13.0. The van der Waals surface area contributed by atoms with E-state index in [1.54, 1.807) is 0 Å². The van der Waals surface area contributed by atoms with E-state index >= 15 is 0 Å². The van der Waals surface area contributed by atoms with Gasteiger partial charge < -0.3 is 0 Å². The van der Waals surface area contributed by atoms with Crippen LogP contribution in [0.2, 0.25) is 0 Å². The quantitative estimate of drug-likeness (QED) is 0.312. The minimum atomic E-state index is 0.299. The van der Waals surface area contributed by atoms with E-state index < -0.39 is 0 Å². The number of aromatic nitrogens is 2. The Kier molecular flexibility index (Phi) is 4.86. The van der Waals surface area contributed by atoms with Crippen LogP contribution in [0.3, 0.4) is 0 Å². The number of allylic oxidation sites excluding steroid dienone is 4. The van der Waals surface area contributed by atoms with Crippen molar-refractivity contribution in [3.8, 4) is 0 Å². The summed E-state index contributed by atoms with van der Waals surface area (Å²) in [6.45, 7) is 0. The Bertz CT molecular complexity index is 1470. The molecule has 3 aromatic carbocycles. The zero-order valence-electron chi connectivity index (χ0n) is 19.6. The maximum Gasteiger partial charge on any atom is 0.0929 e. The standard InChI is InChI=1S/C32H30N2/c1-2-8-21(9-3-1)22-14-16-25-23(18-22)15-17-28-26-11-5-6-12-27(26)30(20-29(25)28)32-19-24-10-4-7-13-31(24)33-34-32/h4-5,7,10-11,13-19,21,30H,1-3,6,8-9,12,20H2. The molecule has 1 unspecified atom stereocenters. The van der Waals surface area contributed by atoms with Crippen LogP contribution in [-0.2, 0) is 6.42 Å². The Morgan fingerprint density at radius 1 is 0.794 bits per heavy atom. The summed E-state index contributed by atoms with van der Waals surface area (Å²) in [5.41, 5.74) is 9.50. The molecule has 1 heterocycles. The van der Waals surface area contributed by atoms with Crippen molar-refractivity contribution in [2.45, 2.75) is 63.2 Å². The lowest BCUT2D eigenvalue weighted by molar-refractivity contribution is 0.444. The number of rotatable bonds is 2. The molecule has 0 spiro atoms. The highest BCUT2D eigenvalue weighted by atomic mass is 15.1. The summed E-state index contributed by atoms with van der Waals surface area (Å²) in [4.78, 5) is 0. The van der Waals surface area contributed by atoms with E-state index in [0.717, 1.165) is 36.4 Å². The predicted molar refractivity (Wildman–Crippen MR) is 141 cm³/mol. The van der Waals surface area contributed by atoms with Crippen LogP contribution < -0.4 is 0 Å². The first-order valence-corrected chi connectivity index (χ1v) is 13.0. The molecule has 168 valence electrons. The zero-order chi connectivity index (χ0) is 22.5. The van der Waals surface area contributed by atoms with Crippen LogP contribution in [0.15, 0.2) is 78.4 Å². The predicted octanol–water partition coefficient (Wildman–Crippen LogP) is 8.27. The van der Waals surface area contributed by atoms with E-state index in [9.17, 15) is 0 Å². The monoisotopic (exact) mass is 442 g/mol. The molecular weight excluding hydrogens is 412 g/mol. The molecule has 3 aliphatic rings. The minimum absolute atomic E-state index is 0.299. The van der Waals surface area contributed by atoms with Gasteiger partial charge in [0.25, 0.3) is 0 Å². The lowest BCUT2D eigenvalue weighted by Gasteiger charge is -2.32. The smallest absolute Gasteiger partial charge is 0.0929 e. The van der Waals surface area contributed by atoms with Gasteiger partial charge in [-0.3, -0.25) is 0 Å². The molecule has 0 N–H and O–H groups in total. The average molecular weight is 443 g/mol. The van der Waals surface area contributed by atoms with Gasteiger partial charge in [-0.2, -0.15) is 10.2 Å². The molecule has 1 fully saturated rings. The van der Waals surface area contributed by atoms with Crippen LogP contribution in [-0.4, -0.2) is 10.2 Å². The lowest BCUT2D eigenvalue weighted by Crippen LogP contribution is -2.18. The summed E-state index contributed by atoms with van der Waals surface area (Å²) >= 11 is 0. The highest BCUT2D eigenvalue weighted by molar-refractivity contribution is 5.95. The third-order valence-electron chi connectivity index (χ3n) is 8.43.